The van der Waals surface area contributed by atoms with Gasteiger partial charge in [0.15, 0.2) is 10.9 Å². The van der Waals surface area contributed by atoms with Crippen LogP contribution in [0.25, 0.3) is 0 Å². The molecule has 2 N–H and O–H groups in total. The van der Waals surface area contributed by atoms with E-state index in [1.165, 1.54) is 23.9 Å². The Morgan fingerprint density at radius 3 is 2.52 bits per heavy atom. The molecule has 3 aromatic rings. The van der Waals surface area contributed by atoms with Crippen molar-refractivity contribution in [3.05, 3.63) is 98.7 Å². The van der Waals surface area contributed by atoms with Crippen molar-refractivity contribution in [1.29, 1.82) is 0 Å². The molecule has 2 heterocycles. The Morgan fingerprint density at radius 2 is 1.79 bits per heavy atom. The first-order chi connectivity index (χ1) is 15.8. The maximum absolute atomic E-state index is 13.3. The highest BCUT2D eigenvalue weighted by molar-refractivity contribution is 7.98. The summed E-state index contributed by atoms with van der Waals surface area (Å²) in [6.07, 6.45) is 1.16. The van der Waals surface area contributed by atoms with Crippen LogP contribution in [0.3, 0.4) is 0 Å². The topological polar surface area (TPSA) is 74.8 Å². The van der Waals surface area contributed by atoms with Crippen LogP contribution in [0.1, 0.15) is 49.3 Å². The summed E-state index contributed by atoms with van der Waals surface area (Å²) >= 11 is 1.38. The van der Waals surface area contributed by atoms with Gasteiger partial charge in [0.1, 0.15) is 11.6 Å². The predicted molar refractivity (Wildman–Crippen MR) is 128 cm³/mol. The summed E-state index contributed by atoms with van der Waals surface area (Å²) in [6, 6.07) is 15.9. The Hall–Kier alpha value is -3.19. The van der Waals surface area contributed by atoms with E-state index < -0.39 is 5.92 Å². The fraction of sp³-hybridized carbons (Fsp3) is 0.269. The Labute approximate surface area is 195 Å². The van der Waals surface area contributed by atoms with Gasteiger partial charge in [0.2, 0.25) is 0 Å². The van der Waals surface area contributed by atoms with E-state index in [0.717, 1.165) is 16.8 Å². The number of carbonyl (C=O) groups excluding carboxylic acids is 1. The number of benzene rings is 2. The third kappa shape index (κ3) is 4.25. The molecule has 33 heavy (non-hydrogen) atoms. The molecule has 5 rings (SSSR count). The number of ketones is 1. The highest BCUT2D eigenvalue weighted by Crippen LogP contribution is 2.47. The number of allylic oxidation sites excluding steroid dienone is 2. The van der Waals surface area contributed by atoms with Gasteiger partial charge in [-0.3, -0.25) is 9.59 Å². The average molecular weight is 462 g/mol. The van der Waals surface area contributed by atoms with E-state index >= 15 is 0 Å². The lowest BCUT2D eigenvalue weighted by Gasteiger charge is -2.38. The summed E-state index contributed by atoms with van der Waals surface area (Å²) in [5.41, 5.74) is 3.41. The van der Waals surface area contributed by atoms with Crippen LogP contribution in [0.5, 0.6) is 0 Å². The average Bonchev–Trinajstić information content (AvgIpc) is 2.77. The number of aromatic nitrogens is 2. The number of aromatic amines is 1. The van der Waals surface area contributed by atoms with E-state index in [-0.39, 0.29) is 22.6 Å². The van der Waals surface area contributed by atoms with E-state index in [1.807, 2.05) is 30.3 Å². The van der Waals surface area contributed by atoms with E-state index in [4.69, 9.17) is 4.98 Å². The number of Topliss-reactive ketones (excluding diaryl/α,β-unsaturated/α-hetero) is 1. The van der Waals surface area contributed by atoms with Crippen LogP contribution < -0.4 is 10.9 Å². The zero-order valence-electron chi connectivity index (χ0n) is 18.4. The van der Waals surface area contributed by atoms with Gasteiger partial charge in [-0.1, -0.05) is 68.1 Å². The second-order valence-corrected chi connectivity index (χ2v) is 10.3. The number of anilines is 1. The number of hydrogen-bond acceptors (Lipinski definition) is 5. The van der Waals surface area contributed by atoms with Crippen LogP contribution >= 0.6 is 11.8 Å². The van der Waals surface area contributed by atoms with Gasteiger partial charge in [0.25, 0.3) is 5.56 Å². The van der Waals surface area contributed by atoms with Crippen molar-refractivity contribution in [3.63, 3.8) is 0 Å². The third-order valence-corrected chi connectivity index (χ3v) is 7.07. The number of rotatable bonds is 4. The summed E-state index contributed by atoms with van der Waals surface area (Å²) in [5.74, 6) is 0.382. The van der Waals surface area contributed by atoms with E-state index in [9.17, 15) is 14.0 Å². The number of halogens is 1. The van der Waals surface area contributed by atoms with Gasteiger partial charge in [-0.05, 0) is 35.1 Å². The number of carbonyl (C=O) groups is 1. The molecule has 0 radical (unpaired) electrons. The number of hydrogen-bond donors (Lipinski definition) is 2. The molecule has 1 unspecified atom stereocenters. The number of nitrogens with one attached hydrogen (secondary N) is 2. The van der Waals surface area contributed by atoms with Crippen LogP contribution in [0.2, 0.25) is 0 Å². The van der Waals surface area contributed by atoms with Crippen molar-refractivity contribution >= 4 is 23.4 Å². The summed E-state index contributed by atoms with van der Waals surface area (Å²) in [4.78, 5) is 34.2. The van der Waals surface area contributed by atoms with Gasteiger partial charge in [-0.2, -0.15) is 0 Å². The van der Waals surface area contributed by atoms with E-state index in [1.54, 1.807) is 12.1 Å². The Kier molecular flexibility index (Phi) is 5.44. The van der Waals surface area contributed by atoms with Crippen molar-refractivity contribution in [2.45, 2.75) is 43.5 Å². The highest BCUT2D eigenvalue weighted by atomic mass is 32.2. The molecular formula is C26H24FN3O2S. The van der Waals surface area contributed by atoms with Crippen LogP contribution in [0, 0.1) is 11.2 Å². The lowest BCUT2D eigenvalue weighted by molar-refractivity contribution is -0.118. The molecule has 1 atom stereocenters. The number of H-pyrrole nitrogens is 1. The molecule has 5 nitrogen and oxygen atoms in total. The Balaban J connectivity index is 1.56. The summed E-state index contributed by atoms with van der Waals surface area (Å²) in [6.45, 7) is 4.16. The smallest absolute Gasteiger partial charge is 0.257 e. The van der Waals surface area contributed by atoms with Gasteiger partial charge in [0.05, 0.1) is 5.56 Å². The van der Waals surface area contributed by atoms with Crippen molar-refractivity contribution in [2.75, 3.05) is 5.32 Å². The molecule has 7 heteroatoms. The minimum Gasteiger partial charge on any atom is -0.343 e. The fourth-order valence-electron chi connectivity index (χ4n) is 4.67. The summed E-state index contributed by atoms with van der Waals surface area (Å²) < 4.78 is 13.2. The van der Waals surface area contributed by atoms with Gasteiger partial charge in [-0.25, -0.2) is 9.37 Å². The van der Waals surface area contributed by atoms with E-state index in [2.05, 4.69) is 24.1 Å². The fourth-order valence-corrected chi connectivity index (χ4v) is 5.49. The van der Waals surface area contributed by atoms with Gasteiger partial charge in [0, 0.05) is 29.4 Å². The molecule has 0 saturated carbocycles. The number of nitrogens with zero attached hydrogens (tertiary/aromatic N) is 1. The lowest BCUT2D eigenvalue weighted by Crippen LogP contribution is -2.37. The molecule has 0 amide bonds. The van der Waals surface area contributed by atoms with Gasteiger partial charge in [-0.15, -0.1) is 0 Å². The van der Waals surface area contributed by atoms with Crippen molar-refractivity contribution in [1.82, 2.24) is 9.97 Å². The quantitative estimate of drug-likeness (QED) is 0.402. The van der Waals surface area contributed by atoms with Crippen LogP contribution in [-0.2, 0) is 10.5 Å². The van der Waals surface area contributed by atoms with Gasteiger partial charge < -0.3 is 10.3 Å². The van der Waals surface area contributed by atoms with Gasteiger partial charge >= 0.3 is 0 Å². The molecule has 168 valence electrons. The maximum atomic E-state index is 13.3. The Morgan fingerprint density at radius 1 is 1.06 bits per heavy atom. The molecule has 1 aliphatic heterocycles. The number of thioether (sulfide) groups is 1. The first-order valence-electron chi connectivity index (χ1n) is 10.9. The molecule has 1 aromatic heterocycles. The van der Waals surface area contributed by atoms with Crippen molar-refractivity contribution in [2.24, 2.45) is 5.41 Å². The van der Waals surface area contributed by atoms with Crippen LogP contribution in [-0.4, -0.2) is 15.8 Å². The van der Waals surface area contributed by atoms with Crippen LogP contribution in [0.4, 0.5) is 10.2 Å². The lowest BCUT2D eigenvalue weighted by atomic mass is 9.69. The first kappa shape index (κ1) is 21.6. The first-order valence-corrected chi connectivity index (χ1v) is 11.9. The number of fused-ring (bicyclic) bond motifs is 1. The minimum absolute atomic E-state index is 0.0717. The molecule has 2 aliphatic rings. The molecule has 1 aliphatic carbocycles. The maximum Gasteiger partial charge on any atom is 0.257 e. The summed E-state index contributed by atoms with van der Waals surface area (Å²) in [5, 5.41) is 3.82. The minimum atomic E-state index is -0.451. The largest absolute Gasteiger partial charge is 0.343 e. The molecular weight excluding hydrogens is 437 g/mol. The van der Waals surface area contributed by atoms with Crippen molar-refractivity contribution < 1.29 is 9.18 Å². The molecule has 2 aromatic carbocycles. The monoisotopic (exact) mass is 461 g/mol. The molecule has 0 spiro atoms. The zero-order chi connectivity index (χ0) is 23.2. The predicted octanol–water partition coefficient (Wildman–Crippen LogP) is 5.40. The Bertz CT molecular complexity index is 1310. The van der Waals surface area contributed by atoms with Crippen molar-refractivity contribution in [3.8, 4) is 0 Å². The standard InChI is InChI=1S/C26H24FN3O2S/c1-26(2)12-18-21(19(31)13-26)20(16-6-4-3-5-7-16)22-23(28-18)29-25(30-24(22)32)33-14-15-8-10-17(27)11-9-15/h3-11,20H,12-14H2,1-2H3,(H2,28,29,30,32). The van der Waals surface area contributed by atoms with Crippen LogP contribution in [0.15, 0.2) is 75.8 Å². The normalized spacial score (nSPS) is 19.0. The zero-order valence-corrected chi connectivity index (χ0v) is 19.3. The second kappa shape index (κ2) is 8.30. The SMILES string of the molecule is CC1(C)CC(=O)C2=C(C1)Nc1nc(SCc3ccc(F)cc3)[nH]c(=O)c1C2c1ccccc1. The molecule has 0 fully saturated rings. The third-order valence-electron chi connectivity index (χ3n) is 6.12. The summed E-state index contributed by atoms with van der Waals surface area (Å²) in [7, 11) is 0. The highest BCUT2D eigenvalue weighted by Gasteiger charge is 2.42. The second-order valence-electron chi connectivity index (χ2n) is 9.35. The molecule has 0 saturated heterocycles. The molecule has 0 bridgehead atoms. The van der Waals surface area contributed by atoms with E-state index in [0.29, 0.717) is 40.7 Å².